The molecule has 0 heterocycles. The fraction of sp³-hybridized carbons (Fsp3) is 0.167. The summed E-state index contributed by atoms with van der Waals surface area (Å²) < 4.78 is 687. The van der Waals surface area contributed by atoms with E-state index in [1.165, 1.54) is 0 Å². The Labute approximate surface area is 768 Å². The Morgan fingerprint density at radius 3 is 0.222 bits per heavy atom. The van der Waals surface area contributed by atoms with Gasteiger partial charge in [0.2, 0.25) is 0 Å². The van der Waals surface area contributed by atoms with Gasteiger partial charge in [-0.05, 0) is 324 Å². The third-order valence-electron chi connectivity index (χ3n) is 23.0. The van der Waals surface area contributed by atoms with Crippen LogP contribution >= 0.6 is 0 Å². The second-order valence-corrected chi connectivity index (χ2v) is 32.4. The first kappa shape index (κ1) is 105. The third kappa shape index (κ3) is 20.5. The maximum atomic E-state index is 14.3. The van der Waals surface area contributed by atoms with Gasteiger partial charge in [0.15, 0.2) is 0 Å². The predicted molar refractivity (Wildman–Crippen MR) is 424 cm³/mol. The molecule has 0 saturated carbocycles. The van der Waals surface area contributed by atoms with Gasteiger partial charge in [0.25, 0.3) is 0 Å². The minimum absolute atomic E-state index is 0.0952. The van der Waals surface area contributed by atoms with Crippen LogP contribution in [0.1, 0.15) is 89.0 Å². The monoisotopic (exact) mass is 2100 g/mol. The molecule has 16 rings (SSSR count). The Bertz CT molecular complexity index is 6190. The molecule has 0 N–H and O–H groups in total. The van der Waals surface area contributed by atoms with Gasteiger partial charge in [-0.1, -0.05) is 48.5 Å². The zero-order chi connectivity index (χ0) is 107. The highest BCUT2D eigenvalue weighted by Crippen LogP contribution is 2.58. The maximum absolute atomic E-state index is 14.3. The molecule has 0 spiro atoms. The summed E-state index contributed by atoms with van der Waals surface area (Å²) in [6.45, 7) is 0. The molecule has 16 aromatic rings. The standard InChI is InChI=1S/2C48H18F24/c2*49-41(50,51)23-5-19(6-24(13-23)42(52,53)54)35-17-37(21-9-27(45(61,62)63)15-28(10-21)46(64,65)66)33-3-4-34-38(22-11-29(47(67,68)69)16-30(12-22)48(70,71)72)18-36(32-2-1-31(35)39(33)40(32)34)20-7-25(43(55,56)57)14-26(8-20)44(58,59)60/h2*1-18H. The van der Waals surface area contributed by atoms with E-state index in [1.54, 1.807) is 0 Å². The fourth-order valence-corrected chi connectivity index (χ4v) is 16.8. The molecule has 0 aliphatic carbocycles. The van der Waals surface area contributed by atoms with Gasteiger partial charge in [-0.25, -0.2) is 0 Å². The Kier molecular flexibility index (Phi) is 24.6. The number of benzene rings is 16. The molecular formula is C96H36F48. The normalized spacial score (nSPS) is 13.8. The van der Waals surface area contributed by atoms with E-state index in [0.29, 0.717) is 24.3 Å². The lowest BCUT2D eigenvalue weighted by molar-refractivity contribution is -0.144. The Morgan fingerprint density at radius 1 is 0.0903 bits per heavy atom. The summed E-state index contributed by atoms with van der Waals surface area (Å²) in [6.07, 6.45) is -89.6. The van der Waals surface area contributed by atoms with Crippen molar-refractivity contribution in [2.45, 2.75) is 98.8 Å². The third-order valence-corrected chi connectivity index (χ3v) is 23.0. The molecule has 0 amide bonds. The summed E-state index contributed by atoms with van der Waals surface area (Å²) in [4.78, 5) is 0. The fourth-order valence-electron chi connectivity index (χ4n) is 16.8. The largest absolute Gasteiger partial charge is 0.416 e. The van der Waals surface area contributed by atoms with Crippen molar-refractivity contribution < 1.29 is 211 Å². The Hall–Kier alpha value is -13.8. The van der Waals surface area contributed by atoms with Gasteiger partial charge < -0.3 is 0 Å². The molecule has 0 saturated heterocycles. The topological polar surface area (TPSA) is 0 Å². The van der Waals surface area contributed by atoms with Gasteiger partial charge in [0.05, 0.1) is 89.0 Å². The van der Waals surface area contributed by atoms with E-state index < -0.39 is 341 Å². The average Bonchev–Trinajstić information content (AvgIpc) is 0.703. The molecule has 0 radical (unpaired) electrons. The van der Waals surface area contributed by atoms with E-state index in [9.17, 15) is 211 Å². The SMILES string of the molecule is FC(F)(F)c1cc(-c2cc(-c3cc(C(F)(F)F)cc(C(F)(F)F)c3)c3ccc4c(-c5cc(C(F)(F)F)cc(C(F)(F)F)c5)cc(-c5cc(C(F)(F)F)cc(C(F)(F)F)c5)c5ccc2c3c54)cc(C(F)(F)F)c1.FC(F)(F)c1cc(-c2cc(-c3cc(C(F)(F)F)cc(C(F)(F)F)c3)c3ccc4c(-c5cc(C(F)(F)F)cc(C(F)(F)F)c5)cc(-c5cc(C(F)(F)F)cc(C(F)(F)F)c5)c5ccc2c3c54)cc(C(F)(F)F)c1. The summed E-state index contributed by atoms with van der Waals surface area (Å²) >= 11 is 0. The molecule has 0 atom stereocenters. The summed E-state index contributed by atoms with van der Waals surface area (Å²) in [5.74, 6) is 0. The molecule has 0 fully saturated rings. The molecule has 48 heteroatoms. The lowest BCUT2D eigenvalue weighted by Gasteiger charge is -2.23. The molecule has 0 unspecified atom stereocenters. The van der Waals surface area contributed by atoms with E-state index >= 15 is 0 Å². The number of alkyl halides is 48. The van der Waals surface area contributed by atoms with Crippen LogP contribution in [0.5, 0.6) is 0 Å². The van der Waals surface area contributed by atoms with E-state index in [0.717, 1.165) is 48.5 Å². The minimum Gasteiger partial charge on any atom is -0.166 e. The lowest BCUT2D eigenvalue weighted by atomic mass is 9.81. The van der Waals surface area contributed by atoms with Crippen molar-refractivity contribution in [2.75, 3.05) is 0 Å². The van der Waals surface area contributed by atoms with Crippen LogP contribution in [0.3, 0.4) is 0 Å². The Morgan fingerprint density at radius 2 is 0.160 bits per heavy atom. The molecule has 756 valence electrons. The molecule has 0 nitrogen and oxygen atoms in total. The highest BCUT2D eigenvalue weighted by molar-refractivity contribution is 6.34. The summed E-state index contributed by atoms with van der Waals surface area (Å²) in [7, 11) is 0. The van der Waals surface area contributed by atoms with Gasteiger partial charge in [-0.15, -0.1) is 0 Å². The molecule has 16 aromatic carbocycles. The molecule has 0 aliphatic heterocycles. The number of halogens is 48. The predicted octanol–water partition coefficient (Wildman–Crippen LogP) is 38.8. The minimum atomic E-state index is -5.60. The van der Waals surface area contributed by atoms with Crippen molar-refractivity contribution in [1.82, 2.24) is 0 Å². The molecule has 0 bridgehead atoms. The molecule has 0 aromatic heterocycles. The van der Waals surface area contributed by atoms with Gasteiger partial charge >= 0.3 is 98.8 Å². The average molecular weight is 2100 g/mol. The zero-order valence-corrected chi connectivity index (χ0v) is 68.9. The van der Waals surface area contributed by atoms with Crippen molar-refractivity contribution in [2.24, 2.45) is 0 Å². The van der Waals surface area contributed by atoms with Crippen molar-refractivity contribution in [3.63, 3.8) is 0 Å². The highest BCUT2D eigenvalue weighted by atomic mass is 19.5. The van der Waals surface area contributed by atoms with E-state index in [2.05, 4.69) is 0 Å². The summed E-state index contributed by atoms with van der Waals surface area (Å²) in [5, 5.41) is -7.39. The molecular weight excluding hydrogens is 2060 g/mol. The van der Waals surface area contributed by atoms with Crippen LogP contribution in [0, 0.1) is 0 Å². The maximum Gasteiger partial charge on any atom is 0.416 e. The van der Waals surface area contributed by atoms with Crippen molar-refractivity contribution in [3.8, 4) is 89.0 Å². The number of hydrogen-bond donors (Lipinski definition) is 0. The summed E-state index contributed by atoms with van der Waals surface area (Å²) in [5.41, 5.74) is -47.9. The van der Waals surface area contributed by atoms with Crippen LogP contribution in [0.2, 0.25) is 0 Å². The van der Waals surface area contributed by atoms with Gasteiger partial charge in [-0.2, -0.15) is 211 Å². The van der Waals surface area contributed by atoms with Crippen molar-refractivity contribution in [1.29, 1.82) is 0 Å². The van der Waals surface area contributed by atoms with Crippen LogP contribution in [0.25, 0.3) is 154 Å². The van der Waals surface area contributed by atoms with Crippen LogP contribution in [-0.2, 0) is 98.8 Å². The quantitative estimate of drug-likeness (QED) is 0.105. The molecule has 144 heavy (non-hydrogen) atoms. The van der Waals surface area contributed by atoms with Crippen LogP contribution < -0.4 is 0 Å². The first-order valence-corrected chi connectivity index (χ1v) is 39.4. The smallest absolute Gasteiger partial charge is 0.166 e. The van der Waals surface area contributed by atoms with Gasteiger partial charge in [-0.3, -0.25) is 0 Å². The second kappa shape index (κ2) is 33.9. The second-order valence-electron chi connectivity index (χ2n) is 32.4. The van der Waals surface area contributed by atoms with Crippen molar-refractivity contribution >= 4 is 64.6 Å². The van der Waals surface area contributed by atoms with Crippen LogP contribution in [0.4, 0.5) is 211 Å². The van der Waals surface area contributed by atoms with E-state index in [-0.39, 0.29) is 146 Å². The van der Waals surface area contributed by atoms with E-state index in [1.807, 2.05) is 0 Å². The van der Waals surface area contributed by atoms with Crippen LogP contribution in [0.15, 0.2) is 218 Å². The van der Waals surface area contributed by atoms with Crippen molar-refractivity contribution in [3.05, 3.63) is 307 Å². The van der Waals surface area contributed by atoms with Gasteiger partial charge in [0.1, 0.15) is 0 Å². The molecule has 0 aliphatic rings. The number of rotatable bonds is 8. The van der Waals surface area contributed by atoms with Crippen LogP contribution in [-0.4, -0.2) is 0 Å². The Balaban J connectivity index is 0.000000217. The zero-order valence-electron chi connectivity index (χ0n) is 68.9. The lowest BCUT2D eigenvalue weighted by Crippen LogP contribution is -2.11. The number of hydrogen-bond acceptors (Lipinski definition) is 0. The first-order chi connectivity index (χ1) is 65.4. The van der Waals surface area contributed by atoms with Gasteiger partial charge in [0, 0.05) is 0 Å². The van der Waals surface area contributed by atoms with E-state index in [4.69, 9.17) is 0 Å². The highest BCUT2D eigenvalue weighted by Gasteiger charge is 2.48. The first-order valence-electron chi connectivity index (χ1n) is 39.4. The summed E-state index contributed by atoms with van der Waals surface area (Å²) in [6, 6.07) is 7.64.